The molecule has 0 bridgehead atoms. The summed E-state index contributed by atoms with van der Waals surface area (Å²) in [4.78, 5) is 34.8. The summed E-state index contributed by atoms with van der Waals surface area (Å²) in [6.07, 6.45) is 3.98. The van der Waals surface area contributed by atoms with Crippen molar-refractivity contribution in [2.45, 2.75) is 72.8 Å². The second-order valence-electron chi connectivity index (χ2n) is 14.8. The molecule has 2 aromatic rings. The second-order valence-corrected chi connectivity index (χ2v) is 38.0. The van der Waals surface area contributed by atoms with E-state index in [0.717, 1.165) is 69.8 Å². The fourth-order valence-electron chi connectivity index (χ4n) is 20.1. The molecular weight excluding hydrogens is 448 g/mol. The van der Waals surface area contributed by atoms with E-state index in [1.54, 1.807) is 0 Å². The Morgan fingerprint density at radius 2 is 1.33 bits per heavy atom. The third-order valence-corrected chi connectivity index (χ3v) is 61.4. The van der Waals surface area contributed by atoms with Crippen LogP contribution in [0.1, 0.15) is 30.4 Å². The van der Waals surface area contributed by atoms with Gasteiger partial charge in [-0.25, -0.2) is 0 Å². The number of aryl methyl sites for hydroxylation is 1. The molecule has 12 rings (SSSR count). The van der Waals surface area contributed by atoms with Crippen molar-refractivity contribution in [1.82, 2.24) is 0 Å². The molecule has 10 saturated heterocycles. The molecule has 2 nitrogen and oxygen atoms in total. The van der Waals surface area contributed by atoms with E-state index in [1.807, 2.05) is 30.3 Å². The van der Waals surface area contributed by atoms with Gasteiger partial charge in [-0.1, -0.05) is 0 Å². The number of unbranched alkanes of at least 4 members (excludes halogenated alkanes) is 1. The standard InChI is InChI=1S/C16H17O.C14H9O.Fe/c17-16(15-11-5-6-12-15)13-7-4-10-14-8-2-1-3-9-14;15-14(13-8-4-5-9-13)11-10-12-6-2-1-3-7-12;/h1-3,5-6,8-9,11-12H,4,7,10,13H2;1-9H;. The van der Waals surface area contributed by atoms with E-state index in [4.69, 9.17) is 0 Å². The molecule has 33 heavy (non-hydrogen) atoms. The molecule has 8 atom stereocenters. The zero-order valence-electron chi connectivity index (χ0n) is 18.4. The van der Waals surface area contributed by atoms with Gasteiger partial charge in [-0.05, 0) is 0 Å². The van der Waals surface area contributed by atoms with Gasteiger partial charge in [0.1, 0.15) is 0 Å². The zero-order chi connectivity index (χ0) is 21.6. The number of Topliss-reactive ketones (excluding diaryl/α,β-unsaturated/α-hetero) is 2. The molecule has 0 radical (unpaired) electrons. The van der Waals surface area contributed by atoms with Crippen LogP contribution < -0.4 is 0 Å². The summed E-state index contributed by atoms with van der Waals surface area (Å²) in [7, 11) is 0. The molecule has 0 aliphatic carbocycles. The summed E-state index contributed by atoms with van der Waals surface area (Å²) in [6, 6.07) is 20.6. The number of rotatable bonds is 7. The summed E-state index contributed by atoms with van der Waals surface area (Å²) in [5.74, 6) is 7.37. The third kappa shape index (κ3) is 0.333. The molecule has 10 fully saturated rings. The van der Waals surface area contributed by atoms with Crippen molar-refractivity contribution < 1.29 is 16.1 Å². The van der Waals surface area contributed by atoms with E-state index < -0.39 is 6.51 Å². The fraction of sp³-hybridized carbons (Fsp3) is 0.467. The van der Waals surface area contributed by atoms with Gasteiger partial charge in [-0.2, -0.15) is 0 Å². The number of ketones is 2. The van der Waals surface area contributed by atoms with E-state index in [-0.39, 0.29) is 8.63 Å². The van der Waals surface area contributed by atoms with Crippen molar-refractivity contribution in [3.05, 3.63) is 71.8 Å². The number of benzene rings is 2. The number of hydrogen-bond donors (Lipinski definition) is 0. The Bertz CT molecular complexity index is 1860. The van der Waals surface area contributed by atoms with Gasteiger partial charge < -0.3 is 0 Å². The van der Waals surface area contributed by atoms with Gasteiger partial charge in [0.15, 0.2) is 0 Å². The van der Waals surface area contributed by atoms with Crippen LogP contribution in [0.3, 0.4) is 0 Å². The van der Waals surface area contributed by atoms with Crippen LogP contribution in [0.2, 0.25) is 47.2 Å². The first-order valence-corrected chi connectivity index (χ1v) is 19.0. The Morgan fingerprint density at radius 1 is 0.758 bits per heavy atom. The van der Waals surface area contributed by atoms with Crippen LogP contribution in [-0.4, -0.2) is 11.6 Å². The van der Waals surface area contributed by atoms with Crippen molar-refractivity contribution in [3.8, 4) is 11.8 Å². The van der Waals surface area contributed by atoms with Crippen LogP contribution in [0.15, 0.2) is 60.7 Å². The monoisotopic (exact) mass is 474 g/mol. The van der Waals surface area contributed by atoms with E-state index in [0.29, 0.717) is 11.6 Å². The Hall–Kier alpha value is -2.14. The molecule has 166 valence electrons. The molecular formula is C30H26FeO2. The van der Waals surface area contributed by atoms with E-state index in [9.17, 15) is 9.59 Å². The molecule has 0 amide bonds. The van der Waals surface area contributed by atoms with Crippen LogP contribution in [0.5, 0.6) is 0 Å². The minimum absolute atomic E-state index is 0.00980. The van der Waals surface area contributed by atoms with Crippen LogP contribution in [0.25, 0.3) is 0 Å². The molecule has 10 heterocycles. The summed E-state index contributed by atoms with van der Waals surface area (Å²) < 4.78 is 0.140. The molecule has 10 aliphatic heterocycles. The quantitative estimate of drug-likeness (QED) is 0.254. The van der Waals surface area contributed by atoms with E-state index >= 15 is 0 Å². The van der Waals surface area contributed by atoms with Gasteiger partial charge in [-0.3, -0.25) is 0 Å². The summed E-state index contributed by atoms with van der Waals surface area (Å²) in [5, 5.41) is 0. The van der Waals surface area contributed by atoms with Crippen LogP contribution in [0, 0.1) is 11.8 Å². The number of hydrogen-bond acceptors (Lipinski definition) is 2. The predicted molar refractivity (Wildman–Crippen MR) is 123 cm³/mol. The number of carbonyl (C=O) groups is 2. The fourth-order valence-corrected chi connectivity index (χ4v) is 95.8. The molecule has 0 aromatic heterocycles. The van der Waals surface area contributed by atoms with Crippen LogP contribution in [-0.2, 0) is 22.5 Å². The van der Waals surface area contributed by atoms with Gasteiger partial charge in [0.2, 0.25) is 0 Å². The van der Waals surface area contributed by atoms with Gasteiger partial charge in [0, 0.05) is 0 Å². The van der Waals surface area contributed by atoms with E-state index in [2.05, 4.69) is 42.2 Å². The third-order valence-electron chi connectivity index (χ3n) is 18.6. The Labute approximate surface area is 183 Å². The molecule has 0 saturated carbocycles. The number of carbonyl (C=O) groups excluding carboxylic acids is 2. The molecule has 2 aromatic carbocycles. The maximum atomic E-state index is 14.0. The topological polar surface area (TPSA) is 34.1 Å². The van der Waals surface area contributed by atoms with Crippen molar-refractivity contribution in [2.24, 2.45) is 0 Å². The Kier molecular flexibility index (Phi) is 1.04. The molecule has 10 aliphatic rings. The minimum atomic E-state index is -4.08. The normalized spacial score (nSPS) is 68.5. The van der Waals surface area contributed by atoms with Crippen LogP contribution >= 0.6 is 0 Å². The average molecular weight is 474 g/mol. The Balaban J connectivity index is 0.922. The van der Waals surface area contributed by atoms with Crippen molar-refractivity contribution in [3.63, 3.8) is 0 Å². The van der Waals surface area contributed by atoms with Crippen molar-refractivity contribution in [1.29, 1.82) is 0 Å². The first-order valence-electron chi connectivity index (χ1n) is 12.8. The summed E-state index contributed by atoms with van der Waals surface area (Å²) >= 11 is 0. The first kappa shape index (κ1) is 15.7. The maximum absolute atomic E-state index is 14.0. The van der Waals surface area contributed by atoms with Gasteiger partial charge in [0.05, 0.1) is 0 Å². The van der Waals surface area contributed by atoms with Crippen LogP contribution in [0.4, 0.5) is 0 Å². The van der Waals surface area contributed by atoms with Gasteiger partial charge >= 0.3 is 184 Å². The predicted octanol–water partition coefficient (Wildman–Crippen LogP) is 6.72. The molecule has 1 spiro atoms. The summed E-state index contributed by atoms with van der Waals surface area (Å²) in [5.41, 5.74) is 2.33. The van der Waals surface area contributed by atoms with Crippen molar-refractivity contribution >= 4 is 11.6 Å². The van der Waals surface area contributed by atoms with E-state index in [1.165, 1.54) is 5.56 Å². The molecule has 0 N–H and O–H groups in total. The molecule has 8 unspecified atom stereocenters. The summed E-state index contributed by atoms with van der Waals surface area (Å²) in [6.45, 7) is -4.08. The van der Waals surface area contributed by atoms with Crippen molar-refractivity contribution in [2.75, 3.05) is 0 Å². The second kappa shape index (κ2) is 2.18. The first-order chi connectivity index (χ1) is 15.9. The Morgan fingerprint density at radius 3 is 1.94 bits per heavy atom. The average Bonchev–Trinajstić information content (AvgIpc) is 3.80. The van der Waals surface area contributed by atoms with Gasteiger partial charge in [-0.15, -0.1) is 0 Å². The SMILES string of the molecule is O=C(C#Cc1ccccc1)[C]12[CH]3[CH]4[CH]5[CH]1[Fe]45321678[CH]2[CH]1[CH]6[C]7(C(=O)CCCCc1ccccc1)[CH]28. The molecule has 3 heteroatoms. The number of fused-ring (bicyclic) bond motifs is 10. The van der Waals surface area contributed by atoms with Gasteiger partial charge in [0.25, 0.3) is 0 Å². The zero-order valence-corrected chi connectivity index (χ0v) is 19.5.